The standard InChI is InChI=1S/C6H12NSi/c1-8(2)6-4-3-5-7/h3-4,6H2,1-2H3. The lowest BCUT2D eigenvalue weighted by atomic mass is 10.4. The topological polar surface area (TPSA) is 23.8 Å². The van der Waals surface area contributed by atoms with Crippen LogP contribution in [0.3, 0.4) is 0 Å². The summed E-state index contributed by atoms with van der Waals surface area (Å²) >= 11 is 0. The van der Waals surface area contributed by atoms with Crippen molar-refractivity contribution in [1.29, 1.82) is 5.26 Å². The van der Waals surface area contributed by atoms with Gasteiger partial charge in [0.25, 0.3) is 0 Å². The third kappa shape index (κ3) is 5.71. The normalized spacial score (nSPS) is 9.25. The Labute approximate surface area is 52.9 Å². The zero-order chi connectivity index (χ0) is 6.41. The van der Waals surface area contributed by atoms with Crippen molar-refractivity contribution in [3.8, 4) is 6.07 Å². The Bertz CT molecular complexity index is 83.0. The lowest BCUT2D eigenvalue weighted by Crippen LogP contribution is -1.96. The van der Waals surface area contributed by atoms with Gasteiger partial charge in [0.05, 0.1) is 6.07 Å². The molecule has 0 aliphatic heterocycles. The van der Waals surface area contributed by atoms with E-state index < -0.39 is 0 Å². The molecular weight excluding hydrogens is 114 g/mol. The first kappa shape index (κ1) is 7.71. The second kappa shape index (κ2) is 4.86. The van der Waals surface area contributed by atoms with Crippen LogP contribution in [0.1, 0.15) is 12.8 Å². The van der Waals surface area contributed by atoms with Gasteiger partial charge in [-0.05, 0) is 6.42 Å². The van der Waals surface area contributed by atoms with Crippen LogP contribution in [0.15, 0.2) is 0 Å². The molecule has 0 unspecified atom stereocenters. The fourth-order valence-electron chi connectivity index (χ4n) is 0.521. The molecule has 0 aromatic rings. The van der Waals surface area contributed by atoms with E-state index in [0.717, 1.165) is 12.8 Å². The zero-order valence-electron chi connectivity index (χ0n) is 5.57. The van der Waals surface area contributed by atoms with Gasteiger partial charge in [0, 0.05) is 15.2 Å². The monoisotopic (exact) mass is 126 g/mol. The van der Waals surface area contributed by atoms with Crippen molar-refractivity contribution >= 4 is 8.80 Å². The molecule has 0 spiro atoms. The van der Waals surface area contributed by atoms with Gasteiger partial charge in [-0.15, -0.1) is 0 Å². The summed E-state index contributed by atoms with van der Waals surface area (Å²) < 4.78 is 0. The molecule has 0 atom stereocenters. The highest BCUT2D eigenvalue weighted by atomic mass is 28.3. The fourth-order valence-corrected chi connectivity index (χ4v) is 1.40. The van der Waals surface area contributed by atoms with E-state index in [1.807, 2.05) is 0 Å². The summed E-state index contributed by atoms with van der Waals surface area (Å²) in [5.74, 6) is 0. The SMILES string of the molecule is C[Si](C)CCCC#N. The highest BCUT2D eigenvalue weighted by molar-refractivity contribution is 6.55. The molecule has 0 aromatic carbocycles. The van der Waals surface area contributed by atoms with E-state index in [1.54, 1.807) is 0 Å². The molecule has 0 aliphatic rings. The van der Waals surface area contributed by atoms with Crippen molar-refractivity contribution in [3.63, 3.8) is 0 Å². The predicted molar refractivity (Wildman–Crippen MR) is 37.1 cm³/mol. The maximum absolute atomic E-state index is 8.14. The van der Waals surface area contributed by atoms with Crippen LogP contribution in [0.4, 0.5) is 0 Å². The molecule has 0 bridgehead atoms. The molecule has 0 rings (SSSR count). The van der Waals surface area contributed by atoms with Gasteiger partial charge < -0.3 is 0 Å². The van der Waals surface area contributed by atoms with Crippen LogP contribution in [-0.4, -0.2) is 8.80 Å². The smallest absolute Gasteiger partial charge is 0.0621 e. The van der Waals surface area contributed by atoms with Crippen LogP contribution >= 0.6 is 0 Å². The summed E-state index contributed by atoms with van der Waals surface area (Å²) in [5.41, 5.74) is 0. The van der Waals surface area contributed by atoms with Crippen LogP contribution < -0.4 is 0 Å². The van der Waals surface area contributed by atoms with Crippen molar-refractivity contribution < 1.29 is 0 Å². The molecule has 1 radical (unpaired) electrons. The lowest BCUT2D eigenvalue weighted by Gasteiger charge is -1.95. The van der Waals surface area contributed by atoms with Crippen LogP contribution in [0.25, 0.3) is 0 Å². The summed E-state index contributed by atoms with van der Waals surface area (Å²) in [7, 11) is -0.0582. The maximum atomic E-state index is 8.14. The van der Waals surface area contributed by atoms with E-state index in [-0.39, 0.29) is 8.80 Å². The molecule has 0 fully saturated rings. The van der Waals surface area contributed by atoms with Crippen LogP contribution in [-0.2, 0) is 0 Å². The Morgan fingerprint density at radius 2 is 2.12 bits per heavy atom. The van der Waals surface area contributed by atoms with Gasteiger partial charge >= 0.3 is 0 Å². The van der Waals surface area contributed by atoms with Gasteiger partial charge in [-0.3, -0.25) is 0 Å². The minimum atomic E-state index is -0.0582. The van der Waals surface area contributed by atoms with Crippen molar-refractivity contribution in [2.75, 3.05) is 0 Å². The fraction of sp³-hybridized carbons (Fsp3) is 0.833. The molecule has 8 heavy (non-hydrogen) atoms. The lowest BCUT2D eigenvalue weighted by molar-refractivity contribution is 0.953. The molecule has 0 saturated heterocycles. The summed E-state index contributed by atoms with van der Waals surface area (Å²) in [4.78, 5) is 0. The number of nitrogens with zero attached hydrogens (tertiary/aromatic N) is 1. The summed E-state index contributed by atoms with van der Waals surface area (Å²) in [6.45, 7) is 4.56. The number of hydrogen-bond acceptors (Lipinski definition) is 1. The van der Waals surface area contributed by atoms with Crippen LogP contribution in [0.2, 0.25) is 19.1 Å². The Morgan fingerprint density at radius 1 is 1.50 bits per heavy atom. The van der Waals surface area contributed by atoms with E-state index in [9.17, 15) is 0 Å². The first-order valence-corrected chi connectivity index (χ1v) is 5.64. The summed E-state index contributed by atoms with van der Waals surface area (Å²) in [6, 6.07) is 3.43. The molecular formula is C6H12NSi. The van der Waals surface area contributed by atoms with Gasteiger partial charge in [0.1, 0.15) is 0 Å². The van der Waals surface area contributed by atoms with Gasteiger partial charge in [-0.25, -0.2) is 0 Å². The number of unbranched alkanes of at least 4 members (excludes halogenated alkanes) is 1. The summed E-state index contributed by atoms with van der Waals surface area (Å²) in [5, 5.41) is 8.14. The van der Waals surface area contributed by atoms with Crippen LogP contribution in [0.5, 0.6) is 0 Å². The molecule has 0 N–H and O–H groups in total. The van der Waals surface area contributed by atoms with Gasteiger partial charge in [-0.1, -0.05) is 19.1 Å². The first-order valence-electron chi connectivity index (χ1n) is 2.93. The van der Waals surface area contributed by atoms with Crippen molar-refractivity contribution in [3.05, 3.63) is 0 Å². The minimum Gasteiger partial charge on any atom is -0.198 e. The molecule has 0 aliphatic carbocycles. The molecule has 1 nitrogen and oxygen atoms in total. The quantitative estimate of drug-likeness (QED) is 0.419. The molecule has 0 amide bonds. The van der Waals surface area contributed by atoms with Gasteiger partial charge in [0.2, 0.25) is 0 Å². The van der Waals surface area contributed by atoms with Crippen molar-refractivity contribution in [2.45, 2.75) is 32.0 Å². The predicted octanol–water partition coefficient (Wildman–Crippen LogP) is 2.04. The molecule has 45 valence electrons. The minimum absolute atomic E-state index is 0.0582. The van der Waals surface area contributed by atoms with Gasteiger partial charge in [-0.2, -0.15) is 5.26 Å². The average Bonchev–Trinajstić information content (AvgIpc) is 1.66. The molecule has 0 aromatic heterocycles. The number of nitriles is 1. The van der Waals surface area contributed by atoms with Crippen molar-refractivity contribution in [2.24, 2.45) is 0 Å². The van der Waals surface area contributed by atoms with E-state index >= 15 is 0 Å². The Morgan fingerprint density at radius 3 is 2.50 bits per heavy atom. The second-order valence-corrected chi connectivity index (χ2v) is 5.13. The van der Waals surface area contributed by atoms with Crippen LogP contribution in [0, 0.1) is 11.3 Å². The van der Waals surface area contributed by atoms with Gasteiger partial charge in [0.15, 0.2) is 0 Å². The molecule has 0 heterocycles. The molecule has 2 heteroatoms. The summed E-state index contributed by atoms with van der Waals surface area (Å²) in [6.07, 6.45) is 1.85. The Kier molecular flexibility index (Phi) is 4.68. The first-order chi connectivity index (χ1) is 3.77. The van der Waals surface area contributed by atoms with E-state index in [2.05, 4.69) is 19.2 Å². The average molecular weight is 126 g/mol. The number of hydrogen-bond donors (Lipinski definition) is 0. The highest BCUT2D eigenvalue weighted by Crippen LogP contribution is 1.98. The largest absolute Gasteiger partial charge is 0.198 e. The number of rotatable bonds is 3. The molecule has 0 saturated carbocycles. The van der Waals surface area contributed by atoms with E-state index in [4.69, 9.17) is 5.26 Å². The zero-order valence-corrected chi connectivity index (χ0v) is 6.57. The third-order valence-electron chi connectivity index (χ3n) is 0.965. The maximum Gasteiger partial charge on any atom is 0.0621 e. The Hall–Kier alpha value is -0.293. The van der Waals surface area contributed by atoms with E-state index in [1.165, 1.54) is 6.04 Å². The second-order valence-electron chi connectivity index (χ2n) is 2.22. The highest BCUT2D eigenvalue weighted by Gasteiger charge is 1.92. The third-order valence-corrected chi connectivity index (χ3v) is 2.32. The Balaban J connectivity index is 2.85. The van der Waals surface area contributed by atoms with E-state index in [0.29, 0.717) is 0 Å². The van der Waals surface area contributed by atoms with Crippen molar-refractivity contribution in [1.82, 2.24) is 0 Å².